The molecule has 0 saturated carbocycles. The molecule has 0 rings (SSSR count). The van der Waals surface area contributed by atoms with Gasteiger partial charge in [-0.05, 0) is 6.42 Å². The van der Waals surface area contributed by atoms with Crippen LogP contribution in [0.5, 0.6) is 0 Å². The zero-order valence-corrected chi connectivity index (χ0v) is 9.76. The van der Waals surface area contributed by atoms with E-state index in [9.17, 15) is 13.2 Å². The Labute approximate surface area is 85.6 Å². The second-order valence-corrected chi connectivity index (χ2v) is 5.62. The molecule has 0 aromatic rings. The standard InChI is InChI=1S/C9H18O4S/c1-4-5-9(13-2)8(10)6-7-14(3,11)12/h9H,4-7H2,1-3H3. The van der Waals surface area contributed by atoms with Crippen LogP contribution < -0.4 is 0 Å². The molecule has 1 unspecified atom stereocenters. The summed E-state index contributed by atoms with van der Waals surface area (Å²) in [6.07, 6.45) is 2.24. The molecule has 0 N–H and O–H groups in total. The van der Waals surface area contributed by atoms with Crippen molar-refractivity contribution in [1.82, 2.24) is 0 Å². The van der Waals surface area contributed by atoms with Gasteiger partial charge >= 0.3 is 0 Å². The first-order valence-electron chi connectivity index (χ1n) is 4.64. The molecule has 84 valence electrons. The number of sulfone groups is 1. The van der Waals surface area contributed by atoms with Crippen molar-refractivity contribution in [1.29, 1.82) is 0 Å². The molecule has 5 heteroatoms. The van der Waals surface area contributed by atoms with Crippen molar-refractivity contribution in [3.05, 3.63) is 0 Å². The molecule has 0 fully saturated rings. The van der Waals surface area contributed by atoms with Gasteiger partial charge < -0.3 is 4.74 Å². The average molecular weight is 222 g/mol. The van der Waals surface area contributed by atoms with Crippen molar-refractivity contribution in [3.63, 3.8) is 0 Å². The highest BCUT2D eigenvalue weighted by molar-refractivity contribution is 7.90. The van der Waals surface area contributed by atoms with Crippen LogP contribution in [0.2, 0.25) is 0 Å². The van der Waals surface area contributed by atoms with Crippen molar-refractivity contribution < 1.29 is 17.9 Å². The summed E-state index contributed by atoms with van der Waals surface area (Å²) in [5.41, 5.74) is 0. The maximum Gasteiger partial charge on any atom is 0.162 e. The molecular formula is C9H18O4S. The van der Waals surface area contributed by atoms with Crippen LogP contribution in [-0.4, -0.2) is 39.4 Å². The number of rotatable bonds is 7. The first-order valence-corrected chi connectivity index (χ1v) is 6.70. The predicted octanol–water partition coefficient (Wildman–Crippen LogP) is 0.805. The molecule has 0 bridgehead atoms. The van der Waals surface area contributed by atoms with E-state index >= 15 is 0 Å². The minimum Gasteiger partial charge on any atom is -0.374 e. The fourth-order valence-electron chi connectivity index (χ4n) is 1.12. The monoisotopic (exact) mass is 222 g/mol. The Kier molecular flexibility index (Phi) is 5.95. The Balaban J connectivity index is 4.05. The Morgan fingerprint density at radius 1 is 1.43 bits per heavy atom. The number of ketones is 1. The predicted molar refractivity (Wildman–Crippen MR) is 55.0 cm³/mol. The van der Waals surface area contributed by atoms with E-state index in [-0.39, 0.29) is 18.0 Å². The van der Waals surface area contributed by atoms with E-state index < -0.39 is 15.9 Å². The normalized spacial score (nSPS) is 13.9. The van der Waals surface area contributed by atoms with Crippen LogP contribution in [0.3, 0.4) is 0 Å². The largest absolute Gasteiger partial charge is 0.374 e. The number of Topliss-reactive ketones (excluding diaryl/α,β-unsaturated/α-hetero) is 1. The minimum absolute atomic E-state index is 0.0529. The molecule has 0 aromatic heterocycles. The molecule has 0 saturated heterocycles. The topological polar surface area (TPSA) is 60.4 Å². The van der Waals surface area contributed by atoms with Crippen molar-refractivity contribution in [3.8, 4) is 0 Å². The van der Waals surface area contributed by atoms with Gasteiger partial charge in [-0.1, -0.05) is 13.3 Å². The lowest BCUT2D eigenvalue weighted by atomic mass is 10.1. The van der Waals surface area contributed by atoms with Crippen molar-refractivity contribution in [2.75, 3.05) is 19.1 Å². The van der Waals surface area contributed by atoms with Crippen LogP contribution in [0.1, 0.15) is 26.2 Å². The number of hydrogen-bond acceptors (Lipinski definition) is 4. The van der Waals surface area contributed by atoms with E-state index in [1.165, 1.54) is 7.11 Å². The summed E-state index contributed by atoms with van der Waals surface area (Å²) >= 11 is 0. The first-order chi connectivity index (χ1) is 6.40. The maximum absolute atomic E-state index is 11.4. The Morgan fingerprint density at radius 2 is 2.00 bits per heavy atom. The number of ether oxygens (including phenoxy) is 1. The van der Waals surface area contributed by atoms with Gasteiger partial charge in [0.25, 0.3) is 0 Å². The molecular weight excluding hydrogens is 204 g/mol. The second kappa shape index (κ2) is 6.14. The third-order valence-electron chi connectivity index (χ3n) is 1.91. The fourth-order valence-corrected chi connectivity index (χ4v) is 1.69. The average Bonchev–Trinajstić information content (AvgIpc) is 2.09. The quantitative estimate of drug-likeness (QED) is 0.639. The third kappa shape index (κ3) is 6.10. The number of carbonyl (C=O) groups excluding carboxylic acids is 1. The Morgan fingerprint density at radius 3 is 2.36 bits per heavy atom. The smallest absolute Gasteiger partial charge is 0.162 e. The van der Waals surface area contributed by atoms with E-state index in [0.29, 0.717) is 6.42 Å². The van der Waals surface area contributed by atoms with Crippen molar-refractivity contribution in [2.45, 2.75) is 32.3 Å². The molecule has 0 aliphatic carbocycles. The SMILES string of the molecule is CCCC(OC)C(=O)CCS(C)(=O)=O. The molecule has 14 heavy (non-hydrogen) atoms. The minimum atomic E-state index is -3.05. The molecule has 0 amide bonds. The van der Waals surface area contributed by atoms with Gasteiger partial charge in [0.05, 0.1) is 5.75 Å². The van der Waals surface area contributed by atoms with Gasteiger partial charge in [-0.25, -0.2) is 8.42 Å². The van der Waals surface area contributed by atoms with Gasteiger partial charge in [0.1, 0.15) is 15.9 Å². The summed E-state index contributed by atoms with van der Waals surface area (Å²) < 4.78 is 26.6. The van der Waals surface area contributed by atoms with Crippen LogP contribution in [0.15, 0.2) is 0 Å². The van der Waals surface area contributed by atoms with Crippen LogP contribution in [0.25, 0.3) is 0 Å². The third-order valence-corrected chi connectivity index (χ3v) is 2.86. The summed E-state index contributed by atoms with van der Waals surface area (Å²) in [6, 6.07) is 0. The first kappa shape index (κ1) is 13.6. The molecule has 0 heterocycles. The highest BCUT2D eigenvalue weighted by Crippen LogP contribution is 2.05. The molecule has 0 spiro atoms. The van der Waals surface area contributed by atoms with Gasteiger partial charge in [0.15, 0.2) is 5.78 Å². The Hall–Kier alpha value is -0.420. The molecule has 0 aliphatic rings. The molecule has 0 aliphatic heterocycles. The van der Waals surface area contributed by atoms with Gasteiger partial charge in [0, 0.05) is 19.8 Å². The van der Waals surface area contributed by atoms with Gasteiger partial charge in [-0.3, -0.25) is 4.79 Å². The molecule has 4 nitrogen and oxygen atoms in total. The number of hydrogen-bond donors (Lipinski definition) is 0. The molecule has 0 radical (unpaired) electrons. The maximum atomic E-state index is 11.4. The van der Waals surface area contributed by atoms with Crippen LogP contribution in [0, 0.1) is 0 Å². The highest BCUT2D eigenvalue weighted by Gasteiger charge is 2.17. The van der Waals surface area contributed by atoms with E-state index in [2.05, 4.69) is 0 Å². The van der Waals surface area contributed by atoms with Crippen LogP contribution >= 0.6 is 0 Å². The summed E-state index contributed by atoms with van der Waals surface area (Å²) in [5, 5.41) is 0. The van der Waals surface area contributed by atoms with E-state index in [0.717, 1.165) is 12.7 Å². The summed E-state index contributed by atoms with van der Waals surface area (Å²) in [7, 11) is -1.58. The van der Waals surface area contributed by atoms with Crippen LogP contribution in [0.4, 0.5) is 0 Å². The zero-order valence-electron chi connectivity index (χ0n) is 8.95. The summed E-state index contributed by atoms with van der Waals surface area (Å²) in [5.74, 6) is -0.213. The van der Waals surface area contributed by atoms with E-state index in [1.807, 2.05) is 6.92 Å². The van der Waals surface area contributed by atoms with Gasteiger partial charge in [-0.15, -0.1) is 0 Å². The summed E-state index contributed by atoms with van der Waals surface area (Å²) in [4.78, 5) is 11.4. The lowest BCUT2D eigenvalue weighted by molar-refractivity contribution is -0.128. The Bertz CT molecular complexity index is 269. The fraction of sp³-hybridized carbons (Fsp3) is 0.889. The number of carbonyl (C=O) groups is 1. The molecule has 0 aromatic carbocycles. The van der Waals surface area contributed by atoms with E-state index in [4.69, 9.17) is 4.74 Å². The zero-order chi connectivity index (χ0) is 11.2. The van der Waals surface area contributed by atoms with Gasteiger partial charge in [0.2, 0.25) is 0 Å². The van der Waals surface area contributed by atoms with Crippen molar-refractivity contribution >= 4 is 15.6 Å². The highest BCUT2D eigenvalue weighted by atomic mass is 32.2. The lowest BCUT2D eigenvalue weighted by Crippen LogP contribution is -2.24. The van der Waals surface area contributed by atoms with Crippen molar-refractivity contribution in [2.24, 2.45) is 0 Å². The lowest BCUT2D eigenvalue weighted by Gasteiger charge is -2.12. The second-order valence-electron chi connectivity index (χ2n) is 3.36. The molecule has 1 atom stereocenters. The summed E-state index contributed by atoms with van der Waals surface area (Å²) in [6.45, 7) is 1.95. The van der Waals surface area contributed by atoms with E-state index in [1.54, 1.807) is 0 Å². The van der Waals surface area contributed by atoms with Gasteiger partial charge in [-0.2, -0.15) is 0 Å². The van der Waals surface area contributed by atoms with Crippen LogP contribution in [-0.2, 0) is 19.4 Å². The number of methoxy groups -OCH3 is 1.